The first-order valence-electron chi connectivity index (χ1n) is 9.39. The van der Waals surface area contributed by atoms with Crippen molar-refractivity contribution < 1.29 is 9.53 Å². The normalized spacial score (nSPS) is 11.0. The van der Waals surface area contributed by atoms with Crippen molar-refractivity contribution >= 4 is 22.6 Å². The number of nitrogens with one attached hydrogen (secondary N) is 1. The Balaban J connectivity index is 1.71. The summed E-state index contributed by atoms with van der Waals surface area (Å²) in [6.45, 7) is 5.99. The molecular formula is C22H23N5O2. The second kappa shape index (κ2) is 7.43. The van der Waals surface area contributed by atoms with Gasteiger partial charge < -0.3 is 14.6 Å². The Kier molecular flexibility index (Phi) is 4.80. The first-order valence-corrected chi connectivity index (χ1v) is 9.39. The summed E-state index contributed by atoms with van der Waals surface area (Å²) in [5.74, 6) is 1.18. The summed E-state index contributed by atoms with van der Waals surface area (Å²) in [6.07, 6.45) is 3.87. The number of carbonyl (C=O) groups excluding carboxylic acids is 1. The number of hydrogen-bond acceptors (Lipinski definition) is 4. The average Bonchev–Trinajstić information content (AvgIpc) is 3.30. The topological polar surface area (TPSA) is 74.0 Å². The van der Waals surface area contributed by atoms with Crippen molar-refractivity contribution in [1.82, 2.24) is 19.3 Å². The number of nitrogens with zero attached hydrogens (tertiary/aromatic N) is 4. The first kappa shape index (κ1) is 18.7. The number of aromatic nitrogens is 4. The van der Waals surface area contributed by atoms with Crippen molar-refractivity contribution in [3.63, 3.8) is 0 Å². The summed E-state index contributed by atoms with van der Waals surface area (Å²) in [5.41, 5.74) is 4.32. The molecule has 3 aromatic heterocycles. The van der Waals surface area contributed by atoms with Crippen molar-refractivity contribution in [2.75, 3.05) is 12.4 Å². The molecule has 7 nitrogen and oxygen atoms in total. The van der Waals surface area contributed by atoms with Crippen LogP contribution in [0.25, 0.3) is 16.9 Å². The molecule has 148 valence electrons. The molecule has 7 heteroatoms. The van der Waals surface area contributed by atoms with Gasteiger partial charge in [-0.1, -0.05) is 6.07 Å². The summed E-state index contributed by atoms with van der Waals surface area (Å²) in [4.78, 5) is 17.5. The predicted octanol–water partition coefficient (Wildman–Crippen LogP) is 3.79. The lowest BCUT2D eigenvalue weighted by molar-refractivity contribution is -0.116. The molecule has 1 N–H and O–H groups in total. The second-order valence-corrected chi connectivity index (χ2v) is 7.10. The number of fused-ring (bicyclic) bond motifs is 1. The minimum Gasteiger partial charge on any atom is -0.495 e. The summed E-state index contributed by atoms with van der Waals surface area (Å²) < 4.78 is 8.94. The summed E-state index contributed by atoms with van der Waals surface area (Å²) in [5, 5.41) is 8.57. The molecule has 29 heavy (non-hydrogen) atoms. The minimum absolute atomic E-state index is 0.0464. The number of carbonyl (C=O) groups is 1. The fraction of sp³-hybridized carbons (Fsp3) is 0.227. The predicted molar refractivity (Wildman–Crippen MR) is 113 cm³/mol. The highest BCUT2D eigenvalue weighted by molar-refractivity contribution is 5.94. The Hall–Kier alpha value is -3.61. The van der Waals surface area contributed by atoms with Crippen molar-refractivity contribution in [2.45, 2.75) is 27.3 Å². The van der Waals surface area contributed by atoms with Gasteiger partial charge in [0, 0.05) is 18.1 Å². The molecule has 0 radical (unpaired) electrons. The average molecular weight is 389 g/mol. The SMILES string of the molecule is COc1ccc(C)cc1NC(=O)Cn1nc(-n2cccc2)c2c(C)cc(C)nc21. The maximum absolute atomic E-state index is 12.8. The fourth-order valence-electron chi connectivity index (χ4n) is 3.50. The van der Waals surface area contributed by atoms with Crippen molar-refractivity contribution in [3.8, 4) is 11.6 Å². The number of aryl methyl sites for hydroxylation is 3. The molecule has 1 amide bonds. The van der Waals surface area contributed by atoms with Gasteiger partial charge in [0.05, 0.1) is 18.2 Å². The molecule has 0 bridgehead atoms. The lowest BCUT2D eigenvalue weighted by atomic mass is 10.2. The molecule has 4 rings (SSSR count). The van der Waals surface area contributed by atoms with E-state index in [1.54, 1.807) is 11.8 Å². The molecule has 0 atom stereocenters. The van der Waals surface area contributed by atoms with Gasteiger partial charge in [-0.25, -0.2) is 9.67 Å². The quantitative estimate of drug-likeness (QED) is 0.563. The summed E-state index contributed by atoms with van der Waals surface area (Å²) in [7, 11) is 1.58. The molecule has 0 unspecified atom stereocenters. The van der Waals surface area contributed by atoms with Gasteiger partial charge in [0.25, 0.3) is 0 Å². The van der Waals surface area contributed by atoms with Gasteiger partial charge in [-0.2, -0.15) is 5.10 Å². The van der Waals surface area contributed by atoms with Gasteiger partial charge in [0.1, 0.15) is 12.3 Å². The highest BCUT2D eigenvalue weighted by Gasteiger charge is 2.18. The Bertz CT molecular complexity index is 1190. The van der Waals surface area contributed by atoms with Gasteiger partial charge in [-0.15, -0.1) is 0 Å². The van der Waals surface area contributed by atoms with Crippen LogP contribution in [0.3, 0.4) is 0 Å². The smallest absolute Gasteiger partial charge is 0.246 e. The van der Waals surface area contributed by atoms with E-state index in [9.17, 15) is 4.79 Å². The molecule has 0 aliphatic rings. The molecule has 3 heterocycles. The Morgan fingerprint density at radius 3 is 2.62 bits per heavy atom. The zero-order valence-corrected chi connectivity index (χ0v) is 16.9. The molecule has 0 fully saturated rings. The highest BCUT2D eigenvalue weighted by Crippen LogP contribution is 2.27. The van der Waals surface area contributed by atoms with Crippen LogP contribution in [0.4, 0.5) is 5.69 Å². The van der Waals surface area contributed by atoms with Gasteiger partial charge in [-0.05, 0) is 62.2 Å². The second-order valence-electron chi connectivity index (χ2n) is 7.10. The number of benzene rings is 1. The van der Waals surface area contributed by atoms with E-state index in [1.165, 1.54) is 0 Å². The maximum atomic E-state index is 12.8. The van der Waals surface area contributed by atoms with Crippen LogP contribution in [0, 0.1) is 20.8 Å². The number of hydrogen-bond donors (Lipinski definition) is 1. The lowest BCUT2D eigenvalue weighted by Gasteiger charge is -2.11. The molecule has 0 saturated heterocycles. The lowest BCUT2D eigenvalue weighted by Crippen LogP contribution is -2.20. The van der Waals surface area contributed by atoms with Crippen LogP contribution in [0.1, 0.15) is 16.8 Å². The molecule has 0 spiro atoms. The van der Waals surface area contributed by atoms with Crippen LogP contribution >= 0.6 is 0 Å². The first-order chi connectivity index (χ1) is 14.0. The van der Waals surface area contributed by atoms with Gasteiger partial charge >= 0.3 is 0 Å². The van der Waals surface area contributed by atoms with E-state index in [-0.39, 0.29) is 12.5 Å². The van der Waals surface area contributed by atoms with Crippen LogP contribution < -0.4 is 10.1 Å². The number of pyridine rings is 1. The number of amides is 1. The number of anilines is 1. The van der Waals surface area contributed by atoms with E-state index in [0.717, 1.165) is 28.0 Å². The summed E-state index contributed by atoms with van der Waals surface area (Å²) in [6, 6.07) is 11.6. The van der Waals surface area contributed by atoms with E-state index in [4.69, 9.17) is 9.84 Å². The van der Waals surface area contributed by atoms with E-state index in [1.807, 2.05) is 74.1 Å². The fourth-order valence-corrected chi connectivity index (χ4v) is 3.50. The van der Waals surface area contributed by atoms with Gasteiger partial charge in [0.15, 0.2) is 11.5 Å². The van der Waals surface area contributed by atoms with Crippen molar-refractivity contribution in [1.29, 1.82) is 0 Å². The van der Waals surface area contributed by atoms with Crippen molar-refractivity contribution in [3.05, 3.63) is 65.6 Å². The van der Waals surface area contributed by atoms with Crippen LogP contribution in [-0.2, 0) is 11.3 Å². The van der Waals surface area contributed by atoms with Crippen LogP contribution in [0.2, 0.25) is 0 Å². The van der Waals surface area contributed by atoms with Gasteiger partial charge in [-0.3, -0.25) is 4.79 Å². The third kappa shape index (κ3) is 3.59. The van der Waals surface area contributed by atoms with Crippen LogP contribution in [0.15, 0.2) is 48.8 Å². The van der Waals surface area contributed by atoms with E-state index in [0.29, 0.717) is 17.1 Å². The van der Waals surface area contributed by atoms with E-state index in [2.05, 4.69) is 10.3 Å². The maximum Gasteiger partial charge on any atom is 0.246 e. The third-order valence-corrected chi connectivity index (χ3v) is 4.78. The van der Waals surface area contributed by atoms with E-state index < -0.39 is 0 Å². The molecule has 0 saturated carbocycles. The zero-order chi connectivity index (χ0) is 20.5. The molecule has 0 aliphatic heterocycles. The Labute approximate surface area is 168 Å². The monoisotopic (exact) mass is 389 g/mol. The zero-order valence-electron chi connectivity index (χ0n) is 16.9. The highest BCUT2D eigenvalue weighted by atomic mass is 16.5. The van der Waals surface area contributed by atoms with Crippen molar-refractivity contribution in [2.24, 2.45) is 0 Å². The number of rotatable bonds is 5. The molecule has 1 aromatic carbocycles. The summed E-state index contributed by atoms with van der Waals surface area (Å²) >= 11 is 0. The van der Waals surface area contributed by atoms with Gasteiger partial charge in [0.2, 0.25) is 5.91 Å². The largest absolute Gasteiger partial charge is 0.495 e. The molecule has 0 aliphatic carbocycles. The molecule has 4 aromatic rings. The van der Waals surface area contributed by atoms with Crippen LogP contribution in [-0.4, -0.2) is 32.3 Å². The number of ether oxygens (including phenoxy) is 1. The third-order valence-electron chi connectivity index (χ3n) is 4.78. The molecular weight excluding hydrogens is 366 g/mol. The Morgan fingerprint density at radius 2 is 1.90 bits per heavy atom. The van der Waals surface area contributed by atoms with Crippen LogP contribution in [0.5, 0.6) is 5.75 Å². The van der Waals surface area contributed by atoms with E-state index >= 15 is 0 Å². The minimum atomic E-state index is -0.196. The Morgan fingerprint density at radius 1 is 1.14 bits per heavy atom. The standard InChI is InChI=1S/C22H23N5O2/c1-14-7-8-18(29-4)17(11-14)24-19(28)13-27-21-20(15(2)12-16(3)23-21)22(25-27)26-9-5-6-10-26/h5-12H,13H2,1-4H3,(H,24,28). The number of methoxy groups -OCH3 is 1.